The summed E-state index contributed by atoms with van der Waals surface area (Å²) in [6.45, 7) is 6.56. The Morgan fingerprint density at radius 2 is 1.48 bits per heavy atom. The Morgan fingerprint density at radius 1 is 0.815 bits per heavy atom. The zero-order valence-electron chi connectivity index (χ0n) is 16.9. The van der Waals surface area contributed by atoms with Crippen LogP contribution in [0.3, 0.4) is 0 Å². The first-order valence-corrected chi connectivity index (χ1v) is 10.3. The summed E-state index contributed by atoms with van der Waals surface area (Å²) in [4.78, 5) is 0. The summed E-state index contributed by atoms with van der Waals surface area (Å²) in [7, 11) is 0. The maximum absolute atomic E-state index is 14.4. The van der Waals surface area contributed by atoms with Crippen molar-refractivity contribution >= 4 is 0 Å². The number of aryl methyl sites for hydroxylation is 1. The smallest absolute Gasteiger partial charge is 0.201 e. The lowest BCUT2D eigenvalue weighted by molar-refractivity contribution is 0.314. The van der Waals surface area contributed by atoms with Crippen LogP contribution in [0.5, 0.6) is 5.75 Å². The third-order valence-corrected chi connectivity index (χ3v) is 5.08. The van der Waals surface area contributed by atoms with Crippen molar-refractivity contribution < 1.29 is 13.5 Å². The average Bonchev–Trinajstić information content (AvgIpc) is 2.67. The van der Waals surface area contributed by atoms with Crippen LogP contribution in [0.2, 0.25) is 0 Å². The molecular formula is C24H32F2O. The molecule has 0 amide bonds. The number of ether oxygens (including phenoxy) is 1. The van der Waals surface area contributed by atoms with Crippen molar-refractivity contribution in [2.24, 2.45) is 5.92 Å². The number of benzene rings is 2. The van der Waals surface area contributed by atoms with Crippen LogP contribution in [-0.4, -0.2) is 6.61 Å². The van der Waals surface area contributed by atoms with E-state index >= 15 is 0 Å². The van der Waals surface area contributed by atoms with Gasteiger partial charge in [-0.1, -0.05) is 70.2 Å². The molecule has 148 valence electrons. The second kappa shape index (κ2) is 11.1. The Balaban J connectivity index is 2.00. The zero-order valence-corrected chi connectivity index (χ0v) is 16.9. The quantitative estimate of drug-likeness (QED) is 0.394. The summed E-state index contributed by atoms with van der Waals surface area (Å²) in [5.41, 5.74) is 2.21. The molecule has 0 unspecified atom stereocenters. The van der Waals surface area contributed by atoms with E-state index < -0.39 is 11.6 Å². The van der Waals surface area contributed by atoms with Crippen LogP contribution in [-0.2, 0) is 6.42 Å². The Hall–Kier alpha value is -1.90. The second-order valence-corrected chi connectivity index (χ2v) is 7.20. The van der Waals surface area contributed by atoms with Gasteiger partial charge in [0.05, 0.1) is 6.61 Å². The molecule has 0 fully saturated rings. The van der Waals surface area contributed by atoms with Crippen molar-refractivity contribution in [2.45, 2.75) is 65.7 Å². The Bertz CT molecular complexity index is 688. The molecule has 0 saturated heterocycles. The highest BCUT2D eigenvalue weighted by Crippen LogP contribution is 2.30. The molecule has 0 N–H and O–H groups in total. The predicted octanol–water partition coefficient (Wildman–Crippen LogP) is 7.57. The molecular weight excluding hydrogens is 342 g/mol. The van der Waals surface area contributed by atoms with Crippen LogP contribution in [0.4, 0.5) is 8.78 Å². The third-order valence-electron chi connectivity index (χ3n) is 5.08. The minimum atomic E-state index is -0.920. The van der Waals surface area contributed by atoms with Gasteiger partial charge in [0.15, 0.2) is 11.6 Å². The zero-order chi connectivity index (χ0) is 19.6. The molecule has 2 rings (SSSR count). The molecule has 0 aliphatic carbocycles. The summed E-state index contributed by atoms with van der Waals surface area (Å²) >= 11 is 0. The Morgan fingerprint density at radius 3 is 2.07 bits per heavy atom. The summed E-state index contributed by atoms with van der Waals surface area (Å²) in [5.74, 6) is -0.976. The Kier molecular flexibility index (Phi) is 8.77. The molecule has 0 spiro atoms. The van der Waals surface area contributed by atoms with Crippen molar-refractivity contribution in [3.63, 3.8) is 0 Å². The molecule has 0 heterocycles. The van der Waals surface area contributed by atoms with Crippen molar-refractivity contribution in [3.8, 4) is 16.9 Å². The number of hydrogen-bond donors (Lipinski definition) is 0. The molecule has 0 radical (unpaired) electrons. The molecule has 2 aromatic carbocycles. The lowest BCUT2D eigenvalue weighted by atomic mass is 9.91. The highest BCUT2D eigenvalue weighted by atomic mass is 19.2. The summed E-state index contributed by atoms with van der Waals surface area (Å²) in [6.07, 6.45) is 8.61. The summed E-state index contributed by atoms with van der Waals surface area (Å²) in [5, 5.41) is 0. The van der Waals surface area contributed by atoms with Gasteiger partial charge in [0.1, 0.15) is 0 Å². The fourth-order valence-electron chi connectivity index (χ4n) is 3.72. The van der Waals surface area contributed by atoms with E-state index in [0.717, 1.165) is 12.3 Å². The van der Waals surface area contributed by atoms with Crippen LogP contribution in [0.1, 0.15) is 64.9 Å². The van der Waals surface area contributed by atoms with Crippen molar-refractivity contribution in [1.82, 2.24) is 0 Å². The Labute approximate surface area is 162 Å². The van der Waals surface area contributed by atoms with Crippen molar-refractivity contribution in [2.75, 3.05) is 6.61 Å². The molecule has 1 nitrogen and oxygen atoms in total. The van der Waals surface area contributed by atoms with Crippen LogP contribution in [0, 0.1) is 17.6 Å². The molecule has 0 aromatic heterocycles. The van der Waals surface area contributed by atoms with E-state index in [1.54, 1.807) is 13.0 Å². The van der Waals surface area contributed by atoms with Gasteiger partial charge in [-0.15, -0.1) is 0 Å². The molecule has 0 saturated carbocycles. The van der Waals surface area contributed by atoms with E-state index in [0.29, 0.717) is 12.2 Å². The van der Waals surface area contributed by atoms with E-state index in [9.17, 15) is 8.78 Å². The molecule has 0 aliphatic rings. The van der Waals surface area contributed by atoms with Gasteiger partial charge in [0.2, 0.25) is 5.82 Å². The van der Waals surface area contributed by atoms with Crippen LogP contribution in [0.25, 0.3) is 11.1 Å². The molecule has 27 heavy (non-hydrogen) atoms. The summed E-state index contributed by atoms with van der Waals surface area (Å²) in [6, 6.07) is 10.9. The van der Waals surface area contributed by atoms with E-state index in [-0.39, 0.29) is 11.3 Å². The SMILES string of the molecule is CCCC(CCC)CCCc1ccc(-c2ccc(OCC)c(F)c2F)cc1. The van der Waals surface area contributed by atoms with Gasteiger partial charge in [0, 0.05) is 5.56 Å². The average molecular weight is 375 g/mol. The van der Waals surface area contributed by atoms with Crippen molar-refractivity contribution in [1.29, 1.82) is 0 Å². The van der Waals surface area contributed by atoms with E-state index in [4.69, 9.17) is 4.74 Å². The highest BCUT2D eigenvalue weighted by molar-refractivity contribution is 5.65. The van der Waals surface area contributed by atoms with Gasteiger partial charge >= 0.3 is 0 Å². The maximum Gasteiger partial charge on any atom is 0.201 e. The van der Waals surface area contributed by atoms with Gasteiger partial charge in [-0.3, -0.25) is 0 Å². The van der Waals surface area contributed by atoms with Crippen molar-refractivity contribution in [3.05, 3.63) is 53.6 Å². The van der Waals surface area contributed by atoms with E-state index in [2.05, 4.69) is 13.8 Å². The lowest BCUT2D eigenvalue weighted by Crippen LogP contribution is -2.01. The van der Waals surface area contributed by atoms with Gasteiger partial charge in [0.25, 0.3) is 0 Å². The van der Waals surface area contributed by atoms with Gasteiger partial charge < -0.3 is 4.74 Å². The molecule has 2 aromatic rings. The third kappa shape index (κ3) is 6.05. The molecule has 3 heteroatoms. The van der Waals surface area contributed by atoms with Gasteiger partial charge in [-0.25, -0.2) is 4.39 Å². The van der Waals surface area contributed by atoms with Gasteiger partial charge in [-0.2, -0.15) is 4.39 Å². The fraction of sp³-hybridized carbons (Fsp3) is 0.500. The fourth-order valence-corrected chi connectivity index (χ4v) is 3.72. The number of hydrogen-bond acceptors (Lipinski definition) is 1. The minimum absolute atomic E-state index is 0.0379. The van der Waals surface area contributed by atoms with E-state index in [1.165, 1.54) is 50.2 Å². The lowest BCUT2D eigenvalue weighted by Gasteiger charge is -2.15. The van der Waals surface area contributed by atoms with Gasteiger partial charge in [-0.05, 0) is 48.9 Å². The predicted molar refractivity (Wildman–Crippen MR) is 109 cm³/mol. The first kappa shape index (κ1) is 21.4. The van der Waals surface area contributed by atoms with E-state index in [1.807, 2.05) is 24.3 Å². The normalized spacial score (nSPS) is 11.2. The molecule has 0 aliphatic heterocycles. The van der Waals surface area contributed by atoms with Crippen LogP contribution < -0.4 is 4.74 Å². The van der Waals surface area contributed by atoms with Crippen LogP contribution >= 0.6 is 0 Å². The molecule has 0 atom stereocenters. The first-order chi connectivity index (χ1) is 13.1. The monoisotopic (exact) mass is 374 g/mol. The topological polar surface area (TPSA) is 9.23 Å². The number of halogens is 2. The highest BCUT2D eigenvalue weighted by Gasteiger charge is 2.15. The summed E-state index contributed by atoms with van der Waals surface area (Å²) < 4.78 is 33.5. The number of rotatable bonds is 11. The minimum Gasteiger partial charge on any atom is -0.491 e. The van der Waals surface area contributed by atoms with Crippen LogP contribution in [0.15, 0.2) is 36.4 Å². The second-order valence-electron chi connectivity index (χ2n) is 7.20. The largest absolute Gasteiger partial charge is 0.491 e. The standard InChI is InChI=1S/C24H32F2O/c1-4-8-18(9-5-2)10-7-11-19-12-14-20(15-13-19)21-16-17-22(27-6-3)24(26)23(21)25/h12-18H,4-11H2,1-3H3. The first-order valence-electron chi connectivity index (χ1n) is 10.3. The maximum atomic E-state index is 14.4. The molecule has 0 bridgehead atoms.